The molecule has 110 valence electrons. The van der Waals surface area contributed by atoms with Gasteiger partial charge in [0.05, 0.1) is 5.41 Å². The lowest BCUT2D eigenvalue weighted by Crippen LogP contribution is -2.28. The number of rotatable bonds is 7. The van der Waals surface area contributed by atoms with Crippen LogP contribution in [0.1, 0.15) is 32.8 Å². The molecule has 0 bridgehead atoms. The number of amides is 1. The van der Waals surface area contributed by atoms with Gasteiger partial charge < -0.3 is 15.2 Å². The van der Waals surface area contributed by atoms with Crippen molar-refractivity contribution in [1.82, 2.24) is 0 Å². The van der Waals surface area contributed by atoms with Crippen LogP contribution in [0.25, 0.3) is 0 Å². The van der Waals surface area contributed by atoms with Gasteiger partial charge in [-0.3, -0.25) is 9.59 Å². The highest BCUT2D eigenvalue weighted by Crippen LogP contribution is 2.24. The Bertz CT molecular complexity index is 465. The minimum atomic E-state index is -0.952. The lowest BCUT2D eigenvalue weighted by Gasteiger charge is -2.19. The third-order valence-electron chi connectivity index (χ3n) is 3.01. The highest BCUT2D eigenvalue weighted by molar-refractivity contribution is 5.91. The Balaban J connectivity index is 2.63. The van der Waals surface area contributed by atoms with E-state index in [2.05, 4.69) is 5.32 Å². The van der Waals surface area contributed by atoms with E-state index in [0.29, 0.717) is 17.9 Å². The second-order valence-electron chi connectivity index (χ2n) is 5.11. The first-order valence-electron chi connectivity index (χ1n) is 6.59. The molecule has 20 heavy (non-hydrogen) atoms. The maximum Gasteiger partial charge on any atom is 0.313 e. The third kappa shape index (κ3) is 4.35. The summed E-state index contributed by atoms with van der Waals surface area (Å²) in [5, 5.41) is 11.8. The number of carboxylic acid groups (broad SMARTS) is 1. The number of aliphatic carboxylic acids is 1. The minimum Gasteiger partial charge on any atom is -0.481 e. The van der Waals surface area contributed by atoms with Crippen molar-refractivity contribution >= 4 is 17.6 Å². The molecule has 0 heterocycles. The lowest BCUT2D eigenvalue weighted by atomic mass is 9.85. The van der Waals surface area contributed by atoms with E-state index in [1.807, 2.05) is 6.92 Å². The summed E-state index contributed by atoms with van der Waals surface area (Å²) < 4.78 is 5.14. The van der Waals surface area contributed by atoms with Gasteiger partial charge in [-0.1, -0.05) is 19.1 Å². The van der Waals surface area contributed by atoms with E-state index in [0.717, 1.165) is 6.42 Å². The van der Waals surface area contributed by atoms with Gasteiger partial charge in [0, 0.05) is 12.3 Å². The second kappa shape index (κ2) is 7.05. The monoisotopic (exact) mass is 279 g/mol. The molecule has 1 aromatic rings. The van der Waals surface area contributed by atoms with E-state index in [1.54, 1.807) is 38.1 Å². The smallest absolute Gasteiger partial charge is 0.313 e. The fraction of sp³-hybridized carbons (Fsp3) is 0.467. The van der Waals surface area contributed by atoms with Crippen molar-refractivity contribution in [1.29, 1.82) is 0 Å². The van der Waals surface area contributed by atoms with Crippen LogP contribution in [0.3, 0.4) is 0 Å². The summed E-state index contributed by atoms with van der Waals surface area (Å²) in [6, 6.07) is 6.79. The Morgan fingerprint density at radius 2 is 1.85 bits per heavy atom. The zero-order valence-corrected chi connectivity index (χ0v) is 12.1. The average Bonchev–Trinajstić information content (AvgIpc) is 2.39. The van der Waals surface area contributed by atoms with Gasteiger partial charge in [0.15, 0.2) is 0 Å². The molecular weight excluding hydrogens is 258 g/mol. The highest BCUT2D eigenvalue weighted by Gasteiger charge is 2.29. The molecule has 0 unspecified atom stereocenters. The quantitative estimate of drug-likeness (QED) is 0.752. The minimum absolute atomic E-state index is 0.0240. The van der Waals surface area contributed by atoms with Gasteiger partial charge in [-0.05, 0) is 38.0 Å². The van der Waals surface area contributed by atoms with Crippen LogP contribution in [0.5, 0.6) is 0 Å². The molecule has 0 aliphatic heterocycles. The number of carbonyl (C=O) groups excluding carboxylic acids is 1. The Hall–Kier alpha value is -1.88. The van der Waals surface area contributed by atoms with E-state index in [-0.39, 0.29) is 12.5 Å². The molecule has 0 saturated heterocycles. The molecule has 0 aliphatic rings. The number of anilines is 1. The molecule has 1 amide bonds. The summed E-state index contributed by atoms with van der Waals surface area (Å²) in [5.74, 6) is -1.11. The molecule has 0 saturated carbocycles. The predicted molar refractivity (Wildman–Crippen MR) is 76.8 cm³/mol. The summed E-state index contributed by atoms with van der Waals surface area (Å²) in [6.45, 7) is 5.83. The van der Waals surface area contributed by atoms with Crippen molar-refractivity contribution in [2.24, 2.45) is 0 Å². The van der Waals surface area contributed by atoms with Crippen molar-refractivity contribution in [2.75, 3.05) is 18.5 Å². The van der Waals surface area contributed by atoms with Crippen LogP contribution in [0.4, 0.5) is 5.69 Å². The van der Waals surface area contributed by atoms with Crippen LogP contribution in [0.2, 0.25) is 0 Å². The zero-order chi connectivity index (χ0) is 15.2. The van der Waals surface area contributed by atoms with Crippen LogP contribution < -0.4 is 5.32 Å². The number of nitrogens with one attached hydrogen (secondary N) is 1. The molecule has 0 spiro atoms. The number of ether oxygens (including phenoxy) is 1. The van der Waals surface area contributed by atoms with Crippen molar-refractivity contribution in [3.8, 4) is 0 Å². The molecule has 5 nitrogen and oxygen atoms in total. The number of hydrogen-bond donors (Lipinski definition) is 2. The number of benzene rings is 1. The van der Waals surface area contributed by atoms with Gasteiger partial charge in [-0.15, -0.1) is 0 Å². The molecule has 1 aromatic carbocycles. The first-order valence-corrected chi connectivity index (χ1v) is 6.59. The molecule has 1 rings (SSSR count). The second-order valence-corrected chi connectivity index (χ2v) is 5.11. The maximum absolute atomic E-state index is 11.5. The van der Waals surface area contributed by atoms with E-state index in [9.17, 15) is 9.59 Å². The van der Waals surface area contributed by atoms with E-state index in [4.69, 9.17) is 9.84 Å². The van der Waals surface area contributed by atoms with Crippen molar-refractivity contribution < 1.29 is 19.4 Å². The van der Waals surface area contributed by atoms with Crippen LogP contribution in [0, 0.1) is 0 Å². The SMILES string of the molecule is CCCOCC(=O)Nc1ccc(C(C)(C)C(=O)O)cc1. The molecule has 0 atom stereocenters. The van der Waals surface area contributed by atoms with Crippen LogP contribution in [0.15, 0.2) is 24.3 Å². The van der Waals surface area contributed by atoms with Crippen molar-refractivity contribution in [3.05, 3.63) is 29.8 Å². The van der Waals surface area contributed by atoms with E-state index in [1.165, 1.54) is 0 Å². The van der Waals surface area contributed by atoms with Gasteiger partial charge >= 0.3 is 5.97 Å². The maximum atomic E-state index is 11.5. The number of carbonyl (C=O) groups is 2. The van der Waals surface area contributed by atoms with Crippen LogP contribution >= 0.6 is 0 Å². The van der Waals surface area contributed by atoms with Crippen LogP contribution in [-0.2, 0) is 19.7 Å². The normalized spacial score (nSPS) is 11.2. The fourth-order valence-corrected chi connectivity index (χ4v) is 1.60. The Morgan fingerprint density at radius 3 is 2.35 bits per heavy atom. The molecule has 0 fully saturated rings. The molecular formula is C15H21NO4. The number of hydrogen-bond acceptors (Lipinski definition) is 3. The van der Waals surface area contributed by atoms with Gasteiger partial charge in [0.2, 0.25) is 5.91 Å². The molecule has 5 heteroatoms. The van der Waals surface area contributed by atoms with Crippen molar-refractivity contribution in [3.63, 3.8) is 0 Å². The number of carboxylic acids is 1. The Morgan fingerprint density at radius 1 is 1.25 bits per heavy atom. The predicted octanol–water partition coefficient (Wildman–Crippen LogP) is 2.41. The largest absolute Gasteiger partial charge is 0.481 e. The third-order valence-corrected chi connectivity index (χ3v) is 3.01. The van der Waals surface area contributed by atoms with Gasteiger partial charge in [0.1, 0.15) is 6.61 Å². The fourth-order valence-electron chi connectivity index (χ4n) is 1.60. The summed E-state index contributed by atoms with van der Waals surface area (Å²) in [7, 11) is 0. The molecule has 0 radical (unpaired) electrons. The summed E-state index contributed by atoms with van der Waals surface area (Å²) >= 11 is 0. The molecule has 0 aliphatic carbocycles. The van der Waals surface area contributed by atoms with E-state index < -0.39 is 11.4 Å². The highest BCUT2D eigenvalue weighted by atomic mass is 16.5. The van der Waals surface area contributed by atoms with Gasteiger partial charge in [0.25, 0.3) is 0 Å². The first-order chi connectivity index (χ1) is 9.37. The Labute approximate surface area is 118 Å². The van der Waals surface area contributed by atoms with Gasteiger partial charge in [-0.2, -0.15) is 0 Å². The summed E-state index contributed by atoms with van der Waals surface area (Å²) in [6.07, 6.45) is 0.867. The lowest BCUT2D eigenvalue weighted by molar-refractivity contribution is -0.142. The van der Waals surface area contributed by atoms with Crippen LogP contribution in [-0.4, -0.2) is 30.2 Å². The molecule has 0 aromatic heterocycles. The van der Waals surface area contributed by atoms with Gasteiger partial charge in [-0.25, -0.2) is 0 Å². The van der Waals surface area contributed by atoms with E-state index >= 15 is 0 Å². The average molecular weight is 279 g/mol. The summed E-state index contributed by atoms with van der Waals surface area (Å²) in [4.78, 5) is 22.7. The van der Waals surface area contributed by atoms with Crippen molar-refractivity contribution in [2.45, 2.75) is 32.6 Å². The summed E-state index contributed by atoms with van der Waals surface area (Å²) in [5.41, 5.74) is 0.359. The standard InChI is InChI=1S/C15H21NO4/c1-4-9-20-10-13(17)16-12-7-5-11(6-8-12)15(2,3)14(18)19/h5-8H,4,9-10H2,1-3H3,(H,16,17)(H,18,19). The Kier molecular flexibility index (Phi) is 5.70. The molecule has 2 N–H and O–H groups in total. The topological polar surface area (TPSA) is 75.6 Å². The zero-order valence-electron chi connectivity index (χ0n) is 12.1. The first kappa shape index (κ1) is 16.2.